The molecule has 1 amide bonds. The van der Waals surface area contributed by atoms with Crippen LogP contribution in [0.1, 0.15) is 29.5 Å². The van der Waals surface area contributed by atoms with E-state index in [9.17, 15) is 13.2 Å². The molecule has 132 valence electrons. The van der Waals surface area contributed by atoms with Gasteiger partial charge in [0.25, 0.3) is 10.0 Å². The highest BCUT2D eigenvalue weighted by Crippen LogP contribution is 2.48. The minimum absolute atomic E-state index is 0.0101. The maximum atomic E-state index is 12.5. The summed E-state index contributed by atoms with van der Waals surface area (Å²) in [5, 5.41) is 2.70. The van der Waals surface area contributed by atoms with Gasteiger partial charge in [-0.15, -0.1) is 0 Å². The smallest absolute Gasteiger partial charge is 0.261 e. The fraction of sp³-hybridized carbons (Fsp3) is 0.316. The number of likely N-dealkylation sites (N-methyl/N-ethyl adjacent to an activating group) is 1. The van der Waals surface area contributed by atoms with Gasteiger partial charge in [0.2, 0.25) is 5.91 Å². The van der Waals surface area contributed by atoms with Crippen molar-refractivity contribution < 1.29 is 13.2 Å². The lowest BCUT2D eigenvalue weighted by Gasteiger charge is -2.15. The van der Waals surface area contributed by atoms with Crippen molar-refractivity contribution in [3.8, 4) is 0 Å². The lowest BCUT2D eigenvalue weighted by molar-refractivity contribution is -0.123. The van der Waals surface area contributed by atoms with Crippen molar-refractivity contribution in [3.63, 3.8) is 0 Å². The summed E-state index contributed by atoms with van der Waals surface area (Å²) in [6.45, 7) is 3.83. The van der Waals surface area contributed by atoms with Gasteiger partial charge in [-0.25, -0.2) is 8.42 Å². The van der Waals surface area contributed by atoms with E-state index in [0.717, 1.165) is 29.5 Å². The van der Waals surface area contributed by atoms with Crippen molar-refractivity contribution in [1.82, 2.24) is 5.32 Å². The number of sulfonamides is 1. The van der Waals surface area contributed by atoms with Crippen LogP contribution >= 0.6 is 0 Å². The third-order valence-electron chi connectivity index (χ3n) is 4.89. The Labute approximate surface area is 148 Å². The lowest BCUT2D eigenvalue weighted by atomic mass is 9.95. The number of benzene rings is 2. The molecular formula is C19H22N2O3S. The first-order chi connectivity index (χ1) is 11.8. The first-order valence-electron chi connectivity index (χ1n) is 8.21. The maximum Gasteiger partial charge on any atom is 0.261 e. The highest BCUT2D eigenvalue weighted by atomic mass is 32.2. The average Bonchev–Trinajstić information content (AvgIpc) is 3.38. The molecule has 0 radical (unpaired) electrons. The van der Waals surface area contributed by atoms with E-state index in [0.29, 0.717) is 5.69 Å². The number of hydrogen-bond donors (Lipinski definition) is 2. The first-order valence-corrected chi connectivity index (χ1v) is 9.70. The topological polar surface area (TPSA) is 75.3 Å². The van der Waals surface area contributed by atoms with Gasteiger partial charge in [0.15, 0.2) is 0 Å². The van der Waals surface area contributed by atoms with Crippen LogP contribution in [-0.2, 0) is 20.2 Å². The van der Waals surface area contributed by atoms with Crippen LogP contribution in [-0.4, -0.2) is 21.4 Å². The third-order valence-corrected chi connectivity index (χ3v) is 6.27. The molecule has 0 bridgehead atoms. The van der Waals surface area contributed by atoms with E-state index in [1.54, 1.807) is 37.4 Å². The van der Waals surface area contributed by atoms with Crippen LogP contribution in [0, 0.1) is 13.8 Å². The van der Waals surface area contributed by atoms with Gasteiger partial charge in [-0.3, -0.25) is 9.52 Å². The van der Waals surface area contributed by atoms with Crippen LogP contribution < -0.4 is 10.0 Å². The van der Waals surface area contributed by atoms with Gasteiger partial charge < -0.3 is 5.32 Å². The van der Waals surface area contributed by atoms with Crippen LogP contribution in [0.4, 0.5) is 5.69 Å². The van der Waals surface area contributed by atoms with Crippen molar-refractivity contribution in [2.75, 3.05) is 11.8 Å². The minimum atomic E-state index is -3.64. The number of hydrogen-bond acceptors (Lipinski definition) is 3. The van der Waals surface area contributed by atoms with Gasteiger partial charge in [0.1, 0.15) is 0 Å². The molecule has 1 aliphatic rings. The molecule has 25 heavy (non-hydrogen) atoms. The van der Waals surface area contributed by atoms with Gasteiger partial charge in [-0.1, -0.05) is 18.2 Å². The highest BCUT2D eigenvalue weighted by molar-refractivity contribution is 7.92. The zero-order chi connectivity index (χ0) is 18.2. The first kappa shape index (κ1) is 17.5. The zero-order valence-electron chi connectivity index (χ0n) is 14.6. The Hall–Kier alpha value is -2.34. The summed E-state index contributed by atoms with van der Waals surface area (Å²) in [4.78, 5) is 12.3. The largest absolute Gasteiger partial charge is 0.358 e. The van der Waals surface area contributed by atoms with E-state index in [2.05, 4.69) is 10.0 Å². The molecule has 1 fully saturated rings. The zero-order valence-corrected chi connectivity index (χ0v) is 15.4. The molecule has 0 heterocycles. The highest BCUT2D eigenvalue weighted by Gasteiger charge is 2.50. The number of amides is 1. The van der Waals surface area contributed by atoms with E-state index in [1.807, 2.05) is 26.0 Å². The molecule has 2 aromatic carbocycles. The number of nitrogens with one attached hydrogen (secondary N) is 2. The van der Waals surface area contributed by atoms with Gasteiger partial charge >= 0.3 is 0 Å². The summed E-state index contributed by atoms with van der Waals surface area (Å²) in [5.41, 5.74) is 2.93. The molecule has 0 spiro atoms. The number of aryl methyl sites for hydroxylation is 2. The van der Waals surface area contributed by atoms with Crippen LogP contribution in [0.15, 0.2) is 47.4 Å². The average molecular weight is 358 g/mol. The van der Waals surface area contributed by atoms with Crippen molar-refractivity contribution in [2.45, 2.75) is 37.0 Å². The minimum Gasteiger partial charge on any atom is -0.358 e. The summed E-state index contributed by atoms with van der Waals surface area (Å²) in [6.07, 6.45) is 1.64. The molecule has 5 nitrogen and oxygen atoms in total. The van der Waals surface area contributed by atoms with Crippen LogP contribution in [0.3, 0.4) is 0 Å². The molecule has 0 aliphatic heterocycles. The van der Waals surface area contributed by atoms with Crippen molar-refractivity contribution >= 4 is 21.6 Å². The van der Waals surface area contributed by atoms with Crippen LogP contribution in [0.5, 0.6) is 0 Å². The van der Waals surface area contributed by atoms with E-state index in [4.69, 9.17) is 0 Å². The van der Waals surface area contributed by atoms with Crippen LogP contribution in [0.25, 0.3) is 0 Å². The number of carbonyl (C=O) groups excluding carboxylic acids is 1. The molecule has 0 atom stereocenters. The standard InChI is InChI=1S/C19H22N2O3S/c1-13-4-9-17(12-14(13)2)25(23,24)21-16-7-5-15(6-8-16)19(10-11-19)18(22)20-3/h4-9,12,21H,10-11H2,1-3H3,(H,20,22). The van der Waals surface area contributed by atoms with Gasteiger partial charge in [-0.2, -0.15) is 0 Å². The molecular weight excluding hydrogens is 336 g/mol. The lowest BCUT2D eigenvalue weighted by Crippen LogP contribution is -2.31. The van der Waals surface area contributed by atoms with Crippen LogP contribution in [0.2, 0.25) is 0 Å². The molecule has 2 aromatic rings. The normalized spacial score (nSPS) is 15.5. The van der Waals surface area contributed by atoms with Crippen molar-refractivity contribution in [1.29, 1.82) is 0 Å². The number of rotatable bonds is 5. The Morgan fingerprint density at radius 3 is 2.16 bits per heavy atom. The molecule has 1 aliphatic carbocycles. The molecule has 0 saturated heterocycles. The quantitative estimate of drug-likeness (QED) is 0.863. The summed E-state index contributed by atoms with van der Waals surface area (Å²) in [5.74, 6) is 0.0101. The Balaban J connectivity index is 1.81. The Kier molecular flexibility index (Phi) is 4.33. The molecule has 3 rings (SSSR count). The Morgan fingerprint density at radius 1 is 1.00 bits per heavy atom. The second-order valence-corrected chi connectivity index (χ2v) is 8.27. The van der Waals surface area contributed by atoms with E-state index in [-0.39, 0.29) is 10.8 Å². The van der Waals surface area contributed by atoms with Gasteiger partial charge in [0.05, 0.1) is 10.3 Å². The molecule has 6 heteroatoms. The predicted octanol–water partition coefficient (Wildman–Crippen LogP) is 2.88. The third kappa shape index (κ3) is 3.26. The molecule has 2 N–H and O–H groups in total. The second-order valence-electron chi connectivity index (χ2n) is 6.59. The second kappa shape index (κ2) is 6.19. The summed E-state index contributed by atoms with van der Waals surface area (Å²) in [7, 11) is -2.00. The molecule has 0 unspecified atom stereocenters. The van der Waals surface area contributed by atoms with Gasteiger partial charge in [0, 0.05) is 12.7 Å². The monoisotopic (exact) mass is 358 g/mol. The Bertz CT molecular complexity index is 914. The SMILES string of the molecule is CNC(=O)C1(c2ccc(NS(=O)(=O)c3ccc(C)c(C)c3)cc2)CC1. The van der Waals surface area contributed by atoms with Crippen molar-refractivity contribution in [3.05, 3.63) is 59.2 Å². The predicted molar refractivity (Wildman–Crippen MR) is 98.1 cm³/mol. The summed E-state index contributed by atoms with van der Waals surface area (Å²) in [6, 6.07) is 12.1. The van der Waals surface area contributed by atoms with E-state index >= 15 is 0 Å². The van der Waals surface area contributed by atoms with E-state index in [1.165, 1.54) is 0 Å². The number of carbonyl (C=O) groups is 1. The Morgan fingerprint density at radius 2 is 1.64 bits per heavy atom. The fourth-order valence-electron chi connectivity index (χ4n) is 2.96. The fourth-order valence-corrected chi connectivity index (χ4v) is 4.11. The van der Waals surface area contributed by atoms with Gasteiger partial charge in [-0.05, 0) is 67.6 Å². The van der Waals surface area contributed by atoms with E-state index < -0.39 is 15.4 Å². The molecule has 1 saturated carbocycles. The summed E-state index contributed by atoms with van der Waals surface area (Å²) >= 11 is 0. The molecule has 0 aromatic heterocycles. The maximum absolute atomic E-state index is 12.5. The summed E-state index contributed by atoms with van der Waals surface area (Å²) < 4.78 is 27.7. The van der Waals surface area contributed by atoms with Crippen molar-refractivity contribution in [2.24, 2.45) is 0 Å². The number of anilines is 1.